The minimum atomic E-state index is -0.226. The van der Waals surface area contributed by atoms with E-state index in [1.165, 1.54) is 19.3 Å². The number of nitrogens with one attached hydrogen (secondary N) is 1. The molecule has 1 saturated heterocycles. The van der Waals surface area contributed by atoms with Crippen molar-refractivity contribution in [1.82, 2.24) is 10.2 Å². The topological polar surface area (TPSA) is 58.1 Å². The third-order valence-corrected chi connectivity index (χ3v) is 4.42. The quantitative estimate of drug-likeness (QED) is 0.944. The first kappa shape index (κ1) is 15.5. The van der Waals surface area contributed by atoms with E-state index in [0.29, 0.717) is 5.69 Å². The highest BCUT2D eigenvalue weighted by molar-refractivity contribution is 6.03. The Bertz CT molecular complexity index is 691. The summed E-state index contributed by atoms with van der Waals surface area (Å²) in [4.78, 5) is 14.6. The fourth-order valence-electron chi connectivity index (χ4n) is 2.81. The van der Waals surface area contributed by atoms with Crippen LogP contribution in [-0.4, -0.2) is 29.2 Å². The number of carbonyl (C=O) groups is 1. The maximum absolute atomic E-state index is 12.3. The van der Waals surface area contributed by atoms with Crippen LogP contribution in [-0.2, 0) is 0 Å². The molecule has 120 valence electrons. The first-order valence-corrected chi connectivity index (χ1v) is 8.11. The molecule has 1 aromatic carbocycles. The molecule has 1 fully saturated rings. The third kappa shape index (κ3) is 3.50. The van der Waals surface area contributed by atoms with Crippen molar-refractivity contribution in [2.24, 2.45) is 0 Å². The molecule has 0 saturated carbocycles. The summed E-state index contributed by atoms with van der Waals surface area (Å²) in [6.07, 6.45) is 3.66. The van der Waals surface area contributed by atoms with Crippen LogP contribution in [0.4, 0.5) is 11.5 Å². The van der Waals surface area contributed by atoms with Gasteiger partial charge in [0.2, 0.25) is 0 Å². The highest BCUT2D eigenvalue weighted by Gasteiger charge is 2.15. The number of nitrogens with zero attached hydrogens (tertiary/aromatic N) is 3. The Morgan fingerprint density at radius 2 is 1.83 bits per heavy atom. The second-order valence-corrected chi connectivity index (χ2v) is 6.03. The van der Waals surface area contributed by atoms with E-state index in [1.807, 2.05) is 38.1 Å². The summed E-state index contributed by atoms with van der Waals surface area (Å²) in [5, 5.41) is 11.2. The zero-order valence-corrected chi connectivity index (χ0v) is 13.7. The minimum Gasteiger partial charge on any atom is -0.355 e. The van der Waals surface area contributed by atoms with Gasteiger partial charge in [0.25, 0.3) is 5.91 Å². The van der Waals surface area contributed by atoms with Crippen LogP contribution in [0.3, 0.4) is 0 Å². The van der Waals surface area contributed by atoms with Crippen LogP contribution >= 0.6 is 0 Å². The number of aryl methyl sites for hydroxylation is 1. The van der Waals surface area contributed by atoms with Gasteiger partial charge < -0.3 is 10.2 Å². The van der Waals surface area contributed by atoms with Gasteiger partial charge in [-0.05, 0) is 62.4 Å². The molecule has 0 aliphatic carbocycles. The predicted octanol–water partition coefficient (Wildman–Crippen LogP) is 3.34. The first-order chi connectivity index (χ1) is 11.1. The molecule has 1 aliphatic rings. The highest BCUT2D eigenvalue weighted by atomic mass is 16.1. The number of amides is 1. The number of benzene rings is 1. The highest BCUT2D eigenvalue weighted by Crippen LogP contribution is 2.19. The van der Waals surface area contributed by atoms with E-state index in [0.717, 1.165) is 35.7 Å². The second kappa shape index (κ2) is 6.77. The molecule has 1 N–H and O–H groups in total. The van der Waals surface area contributed by atoms with E-state index in [2.05, 4.69) is 20.4 Å². The largest absolute Gasteiger partial charge is 0.355 e. The van der Waals surface area contributed by atoms with Crippen LogP contribution in [0.2, 0.25) is 0 Å². The molecule has 2 heterocycles. The van der Waals surface area contributed by atoms with Crippen molar-refractivity contribution in [2.75, 3.05) is 23.3 Å². The van der Waals surface area contributed by atoms with E-state index >= 15 is 0 Å². The lowest BCUT2D eigenvalue weighted by molar-refractivity contribution is 0.102. The summed E-state index contributed by atoms with van der Waals surface area (Å²) in [6.45, 7) is 6.06. The molecule has 0 unspecified atom stereocenters. The van der Waals surface area contributed by atoms with E-state index in [1.54, 1.807) is 6.07 Å². The van der Waals surface area contributed by atoms with Crippen molar-refractivity contribution < 1.29 is 4.79 Å². The molecule has 23 heavy (non-hydrogen) atoms. The Balaban J connectivity index is 1.71. The first-order valence-electron chi connectivity index (χ1n) is 8.11. The zero-order chi connectivity index (χ0) is 16.2. The van der Waals surface area contributed by atoms with Gasteiger partial charge in [0, 0.05) is 18.8 Å². The van der Waals surface area contributed by atoms with Gasteiger partial charge >= 0.3 is 0 Å². The molecule has 2 aromatic rings. The van der Waals surface area contributed by atoms with Crippen LogP contribution in [0.15, 0.2) is 30.3 Å². The second-order valence-electron chi connectivity index (χ2n) is 6.03. The Morgan fingerprint density at radius 3 is 2.52 bits per heavy atom. The summed E-state index contributed by atoms with van der Waals surface area (Å²) in [7, 11) is 0. The summed E-state index contributed by atoms with van der Waals surface area (Å²) in [6, 6.07) is 9.49. The summed E-state index contributed by atoms with van der Waals surface area (Å²) in [5.74, 6) is 0.629. The minimum absolute atomic E-state index is 0.226. The van der Waals surface area contributed by atoms with Gasteiger partial charge in [-0.3, -0.25) is 4.79 Å². The van der Waals surface area contributed by atoms with Crippen LogP contribution in [0.25, 0.3) is 0 Å². The average molecular weight is 310 g/mol. The summed E-state index contributed by atoms with van der Waals surface area (Å²) < 4.78 is 0. The number of hydrogen-bond donors (Lipinski definition) is 1. The van der Waals surface area contributed by atoms with Gasteiger partial charge in [0.05, 0.1) is 0 Å². The third-order valence-electron chi connectivity index (χ3n) is 4.42. The van der Waals surface area contributed by atoms with Crippen molar-refractivity contribution in [3.63, 3.8) is 0 Å². The van der Waals surface area contributed by atoms with Gasteiger partial charge in [-0.1, -0.05) is 12.1 Å². The monoisotopic (exact) mass is 310 g/mol. The number of hydrogen-bond acceptors (Lipinski definition) is 4. The van der Waals surface area contributed by atoms with Gasteiger partial charge in [-0.15, -0.1) is 10.2 Å². The van der Waals surface area contributed by atoms with Crippen molar-refractivity contribution in [3.05, 3.63) is 47.2 Å². The molecule has 5 heteroatoms. The molecule has 5 nitrogen and oxygen atoms in total. The lowest BCUT2D eigenvalue weighted by Gasteiger charge is -2.27. The molecule has 0 radical (unpaired) electrons. The van der Waals surface area contributed by atoms with E-state index in [9.17, 15) is 4.79 Å². The van der Waals surface area contributed by atoms with Gasteiger partial charge in [0.15, 0.2) is 11.5 Å². The molecule has 0 bridgehead atoms. The summed E-state index contributed by atoms with van der Waals surface area (Å²) in [5.41, 5.74) is 3.37. The van der Waals surface area contributed by atoms with Crippen LogP contribution in [0, 0.1) is 13.8 Å². The predicted molar refractivity (Wildman–Crippen MR) is 92.0 cm³/mol. The Hall–Kier alpha value is -2.43. The van der Waals surface area contributed by atoms with Gasteiger partial charge in [0.1, 0.15) is 0 Å². The van der Waals surface area contributed by atoms with Gasteiger partial charge in [-0.25, -0.2) is 0 Å². The van der Waals surface area contributed by atoms with Crippen LogP contribution in [0.1, 0.15) is 40.9 Å². The Morgan fingerprint density at radius 1 is 1.04 bits per heavy atom. The zero-order valence-electron chi connectivity index (χ0n) is 13.7. The van der Waals surface area contributed by atoms with E-state index < -0.39 is 0 Å². The number of piperidine rings is 1. The lowest BCUT2D eigenvalue weighted by atomic mass is 10.1. The number of carbonyl (C=O) groups excluding carboxylic acids is 1. The normalized spacial score (nSPS) is 14.6. The summed E-state index contributed by atoms with van der Waals surface area (Å²) >= 11 is 0. The van der Waals surface area contributed by atoms with Crippen LogP contribution < -0.4 is 10.2 Å². The number of aromatic nitrogens is 2. The molecule has 1 aliphatic heterocycles. The number of anilines is 2. The lowest BCUT2D eigenvalue weighted by Crippen LogP contribution is -2.30. The molecule has 0 spiro atoms. The van der Waals surface area contributed by atoms with E-state index in [-0.39, 0.29) is 5.91 Å². The standard InChI is InChI=1S/C18H22N4O/c1-13-7-6-8-15(14(13)2)19-18(23)16-9-10-17(21-20-16)22-11-4-3-5-12-22/h6-10H,3-5,11-12H2,1-2H3,(H,19,23). The molecule has 3 rings (SSSR count). The molecular formula is C18H22N4O. The van der Waals surface area contributed by atoms with Crippen LogP contribution in [0.5, 0.6) is 0 Å². The fraction of sp³-hybridized carbons (Fsp3) is 0.389. The van der Waals surface area contributed by atoms with E-state index in [4.69, 9.17) is 0 Å². The molecule has 0 atom stereocenters. The molecule has 1 aromatic heterocycles. The maximum atomic E-state index is 12.3. The van der Waals surface area contributed by atoms with Crippen molar-refractivity contribution in [1.29, 1.82) is 0 Å². The van der Waals surface area contributed by atoms with Crippen molar-refractivity contribution in [3.8, 4) is 0 Å². The van der Waals surface area contributed by atoms with Gasteiger partial charge in [-0.2, -0.15) is 0 Å². The molecule has 1 amide bonds. The average Bonchev–Trinajstić information content (AvgIpc) is 2.60. The fourth-order valence-corrected chi connectivity index (χ4v) is 2.81. The molecular weight excluding hydrogens is 288 g/mol. The Kier molecular flexibility index (Phi) is 4.55. The Labute approximate surface area is 136 Å². The van der Waals surface area contributed by atoms with Crippen molar-refractivity contribution in [2.45, 2.75) is 33.1 Å². The maximum Gasteiger partial charge on any atom is 0.276 e. The smallest absolute Gasteiger partial charge is 0.276 e. The number of rotatable bonds is 3. The SMILES string of the molecule is Cc1cccc(NC(=O)c2ccc(N3CCCCC3)nn2)c1C. The van der Waals surface area contributed by atoms with Crippen molar-refractivity contribution >= 4 is 17.4 Å².